The van der Waals surface area contributed by atoms with Crippen LogP contribution in [-0.2, 0) is 0 Å². The third-order valence-electron chi connectivity index (χ3n) is 12.2. The maximum atomic E-state index is 5.08. The van der Waals surface area contributed by atoms with Gasteiger partial charge in [0.1, 0.15) is 5.82 Å². The molecule has 0 aliphatic heterocycles. The van der Waals surface area contributed by atoms with Crippen molar-refractivity contribution in [2.24, 2.45) is 0 Å². The summed E-state index contributed by atoms with van der Waals surface area (Å²) in [5.74, 6) is 0.937. The highest BCUT2D eigenvalue weighted by atomic mass is 15.1. The topological polar surface area (TPSA) is 17.8 Å². The summed E-state index contributed by atoms with van der Waals surface area (Å²) in [6.07, 6.45) is 0. The molecule has 0 fully saturated rings. The number of imidazole rings is 1. The van der Waals surface area contributed by atoms with Crippen molar-refractivity contribution in [3.63, 3.8) is 0 Å². The number of benzene rings is 11. The smallest absolute Gasteiger partial charge is 0.145 e. The van der Waals surface area contributed by atoms with Crippen LogP contribution in [-0.4, -0.2) is 9.55 Å². The van der Waals surface area contributed by atoms with Gasteiger partial charge in [-0.1, -0.05) is 176 Å². The van der Waals surface area contributed by atoms with Gasteiger partial charge < -0.3 is 0 Å². The lowest BCUT2D eigenvalue weighted by Crippen LogP contribution is -1.97. The number of hydrogen-bond donors (Lipinski definition) is 0. The lowest BCUT2D eigenvalue weighted by molar-refractivity contribution is 1.10. The van der Waals surface area contributed by atoms with Gasteiger partial charge in [0.2, 0.25) is 0 Å². The maximum absolute atomic E-state index is 5.08. The normalized spacial score (nSPS) is 11.7. The maximum Gasteiger partial charge on any atom is 0.145 e. The van der Waals surface area contributed by atoms with Crippen LogP contribution in [0.25, 0.3) is 115 Å². The third kappa shape index (κ3) is 5.38. The van der Waals surface area contributed by atoms with Crippen LogP contribution < -0.4 is 0 Å². The fourth-order valence-electron chi connectivity index (χ4n) is 9.43. The first-order chi connectivity index (χ1) is 29.3. The molecule has 0 saturated carbocycles. The number of fused-ring (bicyclic) bond motifs is 7. The van der Waals surface area contributed by atoms with E-state index in [2.05, 4.69) is 223 Å². The first-order valence-corrected chi connectivity index (χ1v) is 20.3. The van der Waals surface area contributed by atoms with Crippen molar-refractivity contribution in [3.8, 4) is 50.5 Å². The van der Waals surface area contributed by atoms with E-state index in [-0.39, 0.29) is 0 Å². The Labute approximate surface area is 341 Å². The van der Waals surface area contributed by atoms with E-state index in [1.54, 1.807) is 0 Å². The van der Waals surface area contributed by atoms with Gasteiger partial charge in [0.15, 0.2) is 0 Å². The molecule has 0 N–H and O–H groups in total. The number of hydrogen-bond acceptors (Lipinski definition) is 1. The number of para-hydroxylation sites is 2. The highest BCUT2D eigenvalue weighted by molar-refractivity contribution is 6.25. The minimum absolute atomic E-state index is 0.937. The summed E-state index contributed by atoms with van der Waals surface area (Å²) in [5.41, 5.74) is 11.6. The van der Waals surface area contributed by atoms with Crippen LogP contribution in [0.5, 0.6) is 0 Å². The van der Waals surface area contributed by atoms with Crippen LogP contribution in [0.2, 0.25) is 0 Å². The van der Waals surface area contributed by atoms with E-state index in [9.17, 15) is 0 Å². The Hall–Kier alpha value is -7.81. The molecule has 0 atom stereocenters. The lowest BCUT2D eigenvalue weighted by atomic mass is 9.83. The van der Waals surface area contributed by atoms with Crippen LogP contribution in [0.15, 0.2) is 218 Å². The van der Waals surface area contributed by atoms with Crippen molar-refractivity contribution in [1.82, 2.24) is 9.55 Å². The Morgan fingerprint density at radius 2 is 0.915 bits per heavy atom. The molecule has 2 nitrogen and oxygen atoms in total. The first-order valence-electron chi connectivity index (χ1n) is 20.3. The molecule has 0 spiro atoms. The molecule has 1 heterocycles. The molecule has 12 rings (SSSR count). The summed E-state index contributed by atoms with van der Waals surface area (Å²) in [7, 11) is 0. The fraction of sp³-hybridized carbons (Fsp3) is 0. The summed E-state index contributed by atoms with van der Waals surface area (Å²) < 4.78 is 2.27. The Balaban J connectivity index is 1.09. The summed E-state index contributed by atoms with van der Waals surface area (Å²) >= 11 is 0. The fourth-order valence-corrected chi connectivity index (χ4v) is 9.43. The van der Waals surface area contributed by atoms with E-state index in [1.165, 1.54) is 87.2 Å². The van der Waals surface area contributed by atoms with E-state index in [4.69, 9.17) is 4.98 Å². The van der Waals surface area contributed by atoms with Crippen molar-refractivity contribution in [2.75, 3.05) is 0 Å². The van der Waals surface area contributed by atoms with Crippen LogP contribution >= 0.6 is 0 Å². The van der Waals surface area contributed by atoms with Crippen molar-refractivity contribution < 1.29 is 0 Å². The minimum atomic E-state index is 0.937. The van der Waals surface area contributed by atoms with Crippen molar-refractivity contribution in [2.45, 2.75) is 0 Å². The molecule has 0 aliphatic rings. The molecule has 1 aromatic heterocycles. The quantitative estimate of drug-likeness (QED) is 0.127. The monoisotopic (exact) mass is 748 g/mol. The van der Waals surface area contributed by atoms with Crippen LogP contribution in [0, 0.1) is 0 Å². The van der Waals surface area contributed by atoms with Gasteiger partial charge in [-0.05, 0) is 130 Å². The van der Waals surface area contributed by atoms with Crippen LogP contribution in [0.1, 0.15) is 0 Å². The Bertz CT molecular complexity index is 3580. The van der Waals surface area contributed by atoms with Gasteiger partial charge in [-0.2, -0.15) is 0 Å². The second-order valence-electron chi connectivity index (χ2n) is 15.5. The summed E-state index contributed by atoms with van der Waals surface area (Å²) in [4.78, 5) is 5.08. The van der Waals surface area contributed by atoms with Gasteiger partial charge in [0, 0.05) is 11.3 Å². The van der Waals surface area contributed by atoms with Crippen LogP contribution in [0.4, 0.5) is 0 Å². The van der Waals surface area contributed by atoms with Gasteiger partial charge >= 0.3 is 0 Å². The Morgan fingerprint density at radius 3 is 1.73 bits per heavy atom. The van der Waals surface area contributed by atoms with Crippen molar-refractivity contribution in [3.05, 3.63) is 218 Å². The molecular formula is C57H36N2. The van der Waals surface area contributed by atoms with Crippen molar-refractivity contribution in [1.29, 1.82) is 0 Å². The molecule has 0 saturated heterocycles. The number of nitrogens with zero attached hydrogens (tertiary/aromatic N) is 2. The zero-order chi connectivity index (χ0) is 38.9. The van der Waals surface area contributed by atoms with Crippen molar-refractivity contribution >= 4 is 64.9 Å². The van der Waals surface area contributed by atoms with Gasteiger partial charge in [-0.3, -0.25) is 4.57 Å². The SMILES string of the molecule is c1ccc(-c2c3ccccc3c(-c3cccc4cc5ccc6ccccc6c5cc34)c3ccc(-c4ccc(-n5c(-c6ccccc6)nc6ccccc65)cc4)cc23)cc1. The van der Waals surface area contributed by atoms with Gasteiger partial charge in [0.05, 0.1) is 11.0 Å². The molecule has 0 radical (unpaired) electrons. The summed E-state index contributed by atoms with van der Waals surface area (Å²) in [6.45, 7) is 0. The molecule has 0 aliphatic carbocycles. The zero-order valence-corrected chi connectivity index (χ0v) is 32.2. The largest absolute Gasteiger partial charge is 0.292 e. The molecular weight excluding hydrogens is 713 g/mol. The highest BCUT2D eigenvalue weighted by Gasteiger charge is 2.20. The molecule has 59 heavy (non-hydrogen) atoms. The molecule has 12 aromatic rings. The lowest BCUT2D eigenvalue weighted by Gasteiger charge is -2.20. The average Bonchev–Trinajstić information content (AvgIpc) is 3.70. The predicted molar refractivity (Wildman–Crippen MR) is 250 cm³/mol. The highest BCUT2D eigenvalue weighted by Crippen LogP contribution is 2.47. The van der Waals surface area contributed by atoms with E-state index in [1.807, 2.05) is 0 Å². The van der Waals surface area contributed by atoms with Gasteiger partial charge in [-0.25, -0.2) is 4.98 Å². The molecule has 2 heteroatoms. The standard InChI is InChI=1S/C57H36N2/c1-3-15-39(16-4-1)55-46-21-9-10-22-47(46)56(48-23-13-19-42-34-43-27-26-38-14-7-8-20-45(38)50(43)36-51(42)48)49-33-30-41(35-52(49)55)37-28-31-44(32-29-37)59-54-25-12-11-24-53(54)58-57(59)40-17-5-2-6-18-40/h1-36H. The van der Waals surface area contributed by atoms with Gasteiger partial charge in [-0.15, -0.1) is 0 Å². The number of rotatable bonds is 5. The first kappa shape index (κ1) is 33.3. The molecule has 274 valence electrons. The Morgan fingerprint density at radius 1 is 0.305 bits per heavy atom. The predicted octanol–water partition coefficient (Wildman–Crippen LogP) is 15.5. The molecule has 0 amide bonds. The van der Waals surface area contributed by atoms with Crippen LogP contribution in [0.3, 0.4) is 0 Å². The van der Waals surface area contributed by atoms with E-state index < -0.39 is 0 Å². The second-order valence-corrected chi connectivity index (χ2v) is 15.5. The average molecular weight is 749 g/mol. The minimum Gasteiger partial charge on any atom is -0.292 e. The summed E-state index contributed by atoms with van der Waals surface area (Å²) in [6, 6.07) is 79.6. The third-order valence-corrected chi connectivity index (χ3v) is 12.2. The number of aromatic nitrogens is 2. The van der Waals surface area contributed by atoms with E-state index in [0.717, 1.165) is 28.1 Å². The zero-order valence-electron chi connectivity index (χ0n) is 32.2. The molecule has 0 bridgehead atoms. The molecule has 11 aromatic carbocycles. The second kappa shape index (κ2) is 13.4. The Kier molecular flexibility index (Phi) is 7.57. The van der Waals surface area contributed by atoms with Gasteiger partial charge in [0.25, 0.3) is 0 Å². The molecule has 0 unspecified atom stereocenters. The summed E-state index contributed by atoms with van der Waals surface area (Å²) in [5, 5.41) is 12.6. The van der Waals surface area contributed by atoms with E-state index >= 15 is 0 Å². The van der Waals surface area contributed by atoms with E-state index in [0.29, 0.717) is 0 Å².